The Kier molecular flexibility index (Phi) is 5.69. The van der Waals surface area contributed by atoms with Crippen LogP contribution in [0.4, 0.5) is 11.4 Å². The fraction of sp³-hybridized carbons (Fsp3) is 0.429. The van der Waals surface area contributed by atoms with Crippen LogP contribution in [0.2, 0.25) is 0 Å². The monoisotopic (exact) mass is 340 g/mol. The van der Waals surface area contributed by atoms with Crippen LogP contribution < -0.4 is 20.9 Å². The Balaban J connectivity index is 1.39. The number of hydrogen-bond acceptors (Lipinski definition) is 4. The molecule has 1 aliphatic carbocycles. The van der Waals surface area contributed by atoms with Gasteiger partial charge in [-0.2, -0.15) is 0 Å². The Bertz CT molecular complexity index is 694. The first kappa shape index (κ1) is 17.5. The minimum absolute atomic E-state index is 0.622. The highest BCUT2D eigenvalue weighted by Gasteiger charge is 2.22. The average molecular weight is 340 g/mol. The lowest BCUT2D eigenvalue weighted by Gasteiger charge is -2.28. The van der Waals surface area contributed by atoms with Crippen LogP contribution in [-0.4, -0.2) is 13.2 Å². The molecule has 0 aromatic heterocycles. The highest BCUT2D eigenvalue weighted by molar-refractivity contribution is 5.49. The number of aryl methyl sites for hydroxylation is 1. The smallest absolute Gasteiger partial charge is 0.121 e. The molecular formula is C21H28N2O2. The molecule has 4 heteroatoms. The minimum atomic E-state index is 0.622. The standard InChI is InChI=1S/C21H28N2O2/c1-15-11-20(9-10-21(15)23)25-14-17-7-5-16(6-8-17)13-24-19-4-2-3-18(22)12-19/h2-4,9-12,16-17H,5-8,13-14,22-23H2,1H3. The third kappa shape index (κ3) is 5.05. The number of anilines is 2. The van der Waals surface area contributed by atoms with E-state index in [-0.39, 0.29) is 0 Å². The van der Waals surface area contributed by atoms with Crippen molar-refractivity contribution < 1.29 is 9.47 Å². The zero-order valence-electron chi connectivity index (χ0n) is 14.9. The summed E-state index contributed by atoms with van der Waals surface area (Å²) in [7, 11) is 0. The quantitative estimate of drug-likeness (QED) is 0.764. The zero-order chi connectivity index (χ0) is 17.6. The van der Waals surface area contributed by atoms with Gasteiger partial charge in [-0.15, -0.1) is 0 Å². The maximum atomic E-state index is 5.96. The van der Waals surface area contributed by atoms with Crippen molar-refractivity contribution in [2.45, 2.75) is 32.6 Å². The van der Waals surface area contributed by atoms with Gasteiger partial charge in [0.05, 0.1) is 13.2 Å². The molecule has 0 amide bonds. The van der Waals surface area contributed by atoms with E-state index in [0.29, 0.717) is 11.8 Å². The molecule has 4 N–H and O–H groups in total. The average Bonchev–Trinajstić information content (AvgIpc) is 2.62. The van der Waals surface area contributed by atoms with Crippen LogP contribution in [0.1, 0.15) is 31.2 Å². The van der Waals surface area contributed by atoms with E-state index >= 15 is 0 Å². The summed E-state index contributed by atoms with van der Waals surface area (Å²) in [5, 5.41) is 0. The van der Waals surface area contributed by atoms with Gasteiger partial charge < -0.3 is 20.9 Å². The lowest BCUT2D eigenvalue weighted by atomic mass is 9.83. The van der Waals surface area contributed by atoms with E-state index in [1.165, 1.54) is 25.7 Å². The SMILES string of the molecule is Cc1cc(OCC2CCC(COc3cccc(N)c3)CC2)ccc1N. The lowest BCUT2D eigenvalue weighted by molar-refractivity contribution is 0.148. The van der Waals surface area contributed by atoms with E-state index in [4.69, 9.17) is 20.9 Å². The number of benzene rings is 2. The summed E-state index contributed by atoms with van der Waals surface area (Å²) in [6.45, 7) is 3.56. The van der Waals surface area contributed by atoms with Crippen molar-refractivity contribution in [2.75, 3.05) is 24.7 Å². The van der Waals surface area contributed by atoms with E-state index in [9.17, 15) is 0 Å². The van der Waals surface area contributed by atoms with E-state index < -0.39 is 0 Å². The third-order valence-electron chi connectivity index (χ3n) is 5.04. The molecule has 3 rings (SSSR count). The molecule has 0 aliphatic heterocycles. The second kappa shape index (κ2) is 8.15. The molecule has 0 bridgehead atoms. The molecule has 25 heavy (non-hydrogen) atoms. The predicted molar refractivity (Wildman–Crippen MR) is 103 cm³/mol. The molecular weight excluding hydrogens is 312 g/mol. The van der Waals surface area contributed by atoms with Crippen LogP contribution in [0.15, 0.2) is 42.5 Å². The molecule has 2 aromatic carbocycles. The van der Waals surface area contributed by atoms with Crippen LogP contribution in [0.3, 0.4) is 0 Å². The first-order chi connectivity index (χ1) is 12.1. The number of nitrogen functional groups attached to an aromatic ring is 2. The van der Waals surface area contributed by atoms with Gasteiger partial charge in [0.15, 0.2) is 0 Å². The van der Waals surface area contributed by atoms with Crippen molar-refractivity contribution in [1.29, 1.82) is 0 Å². The Morgan fingerprint density at radius 1 is 0.840 bits per heavy atom. The molecule has 1 saturated carbocycles. The van der Waals surface area contributed by atoms with Gasteiger partial charge >= 0.3 is 0 Å². The fourth-order valence-electron chi connectivity index (χ4n) is 3.34. The predicted octanol–water partition coefficient (Wildman–Crippen LogP) is 4.42. The number of ether oxygens (including phenoxy) is 2. The molecule has 2 aromatic rings. The van der Waals surface area contributed by atoms with Crippen LogP contribution in [0.25, 0.3) is 0 Å². The number of nitrogens with two attached hydrogens (primary N) is 2. The van der Waals surface area contributed by atoms with Gasteiger partial charge in [-0.25, -0.2) is 0 Å². The lowest BCUT2D eigenvalue weighted by Crippen LogP contribution is -2.23. The molecule has 0 saturated heterocycles. The van der Waals surface area contributed by atoms with Crippen molar-refractivity contribution in [3.05, 3.63) is 48.0 Å². The summed E-state index contributed by atoms with van der Waals surface area (Å²) in [5.74, 6) is 3.03. The van der Waals surface area contributed by atoms with Crippen LogP contribution in [0, 0.1) is 18.8 Å². The van der Waals surface area contributed by atoms with Crippen LogP contribution in [0.5, 0.6) is 11.5 Å². The molecule has 0 atom stereocenters. The highest BCUT2D eigenvalue weighted by atomic mass is 16.5. The molecule has 1 aliphatic rings. The van der Waals surface area contributed by atoms with Crippen molar-refractivity contribution in [2.24, 2.45) is 11.8 Å². The normalized spacial score (nSPS) is 20.2. The summed E-state index contributed by atoms with van der Waals surface area (Å²) in [6, 6.07) is 13.5. The summed E-state index contributed by atoms with van der Waals surface area (Å²) in [5.41, 5.74) is 14.3. The fourth-order valence-corrected chi connectivity index (χ4v) is 3.34. The van der Waals surface area contributed by atoms with Gasteiger partial charge in [-0.3, -0.25) is 0 Å². The van der Waals surface area contributed by atoms with Gasteiger partial charge in [0.2, 0.25) is 0 Å². The van der Waals surface area contributed by atoms with E-state index in [0.717, 1.165) is 41.7 Å². The van der Waals surface area contributed by atoms with Crippen molar-refractivity contribution in [3.8, 4) is 11.5 Å². The summed E-state index contributed by atoms with van der Waals surface area (Å²) in [6.07, 6.45) is 4.77. The van der Waals surface area contributed by atoms with Crippen LogP contribution >= 0.6 is 0 Å². The molecule has 0 radical (unpaired) electrons. The molecule has 0 unspecified atom stereocenters. The highest BCUT2D eigenvalue weighted by Crippen LogP contribution is 2.30. The zero-order valence-corrected chi connectivity index (χ0v) is 14.9. The molecule has 0 heterocycles. The Labute approximate surface area is 150 Å². The van der Waals surface area contributed by atoms with E-state index in [2.05, 4.69) is 0 Å². The van der Waals surface area contributed by atoms with E-state index in [1.807, 2.05) is 49.4 Å². The van der Waals surface area contributed by atoms with Gasteiger partial charge in [0.25, 0.3) is 0 Å². The van der Waals surface area contributed by atoms with Crippen LogP contribution in [-0.2, 0) is 0 Å². The Hall–Kier alpha value is -2.36. The first-order valence-corrected chi connectivity index (χ1v) is 9.07. The van der Waals surface area contributed by atoms with Crippen molar-refractivity contribution >= 4 is 11.4 Å². The van der Waals surface area contributed by atoms with Gasteiger partial charge in [0.1, 0.15) is 11.5 Å². The van der Waals surface area contributed by atoms with Gasteiger partial charge in [-0.05, 0) is 80.3 Å². The maximum absolute atomic E-state index is 5.96. The second-order valence-electron chi connectivity index (χ2n) is 7.10. The molecule has 0 spiro atoms. The number of hydrogen-bond donors (Lipinski definition) is 2. The van der Waals surface area contributed by atoms with Gasteiger partial charge in [0, 0.05) is 17.4 Å². The third-order valence-corrected chi connectivity index (χ3v) is 5.04. The Morgan fingerprint density at radius 3 is 2.00 bits per heavy atom. The summed E-state index contributed by atoms with van der Waals surface area (Å²) >= 11 is 0. The topological polar surface area (TPSA) is 70.5 Å². The molecule has 134 valence electrons. The molecule has 1 fully saturated rings. The Morgan fingerprint density at radius 2 is 1.44 bits per heavy atom. The second-order valence-corrected chi connectivity index (χ2v) is 7.10. The maximum Gasteiger partial charge on any atom is 0.121 e. The van der Waals surface area contributed by atoms with Gasteiger partial charge in [-0.1, -0.05) is 6.07 Å². The number of rotatable bonds is 6. The van der Waals surface area contributed by atoms with Crippen molar-refractivity contribution in [3.63, 3.8) is 0 Å². The first-order valence-electron chi connectivity index (χ1n) is 9.07. The van der Waals surface area contributed by atoms with E-state index in [1.54, 1.807) is 0 Å². The summed E-state index contributed by atoms with van der Waals surface area (Å²) in [4.78, 5) is 0. The largest absolute Gasteiger partial charge is 0.493 e. The van der Waals surface area contributed by atoms with Crippen molar-refractivity contribution in [1.82, 2.24) is 0 Å². The minimum Gasteiger partial charge on any atom is -0.493 e. The summed E-state index contributed by atoms with van der Waals surface area (Å²) < 4.78 is 11.9. The molecule has 4 nitrogen and oxygen atoms in total.